The first-order valence-electron chi connectivity index (χ1n) is 7.74. The first-order valence-corrected chi connectivity index (χ1v) is 8.49. The molecule has 0 amide bonds. The molecule has 0 saturated heterocycles. The SMILES string of the molecule is O=C1ON=C(c2ccccc2)/C1=C\c1ccc(-c2ccc(Cl)c(Cl)c2)o1. The maximum atomic E-state index is 12.0. The van der Waals surface area contributed by atoms with Crippen LogP contribution in [-0.4, -0.2) is 11.7 Å². The van der Waals surface area contributed by atoms with Gasteiger partial charge in [-0.15, -0.1) is 0 Å². The predicted octanol–water partition coefficient (Wildman–Crippen LogP) is 5.60. The molecule has 0 radical (unpaired) electrons. The summed E-state index contributed by atoms with van der Waals surface area (Å²) in [7, 11) is 0. The normalized spacial score (nSPS) is 15.2. The highest BCUT2D eigenvalue weighted by atomic mass is 35.5. The van der Waals surface area contributed by atoms with Crippen molar-refractivity contribution >= 4 is 41.0 Å². The quantitative estimate of drug-likeness (QED) is 0.436. The Kier molecular flexibility index (Phi) is 4.37. The van der Waals surface area contributed by atoms with Crippen LogP contribution in [0.15, 0.2) is 75.8 Å². The molecule has 4 nitrogen and oxygen atoms in total. The molecule has 0 bridgehead atoms. The number of hydrogen-bond acceptors (Lipinski definition) is 4. The molecule has 3 aromatic rings. The summed E-state index contributed by atoms with van der Waals surface area (Å²) in [6.45, 7) is 0. The summed E-state index contributed by atoms with van der Waals surface area (Å²) in [6, 6.07) is 18.1. The molecule has 2 aromatic carbocycles. The van der Waals surface area contributed by atoms with E-state index in [4.69, 9.17) is 32.5 Å². The Balaban J connectivity index is 1.68. The van der Waals surface area contributed by atoms with E-state index in [1.165, 1.54) is 0 Å². The molecule has 1 aliphatic rings. The van der Waals surface area contributed by atoms with Gasteiger partial charge in [0.25, 0.3) is 0 Å². The van der Waals surface area contributed by atoms with Crippen LogP contribution in [-0.2, 0) is 9.63 Å². The zero-order valence-electron chi connectivity index (χ0n) is 13.3. The molecular weight excluding hydrogens is 373 g/mol. The molecule has 0 aliphatic carbocycles. The number of carbonyl (C=O) groups excluding carboxylic acids is 1. The Morgan fingerprint density at radius 1 is 0.885 bits per heavy atom. The highest BCUT2D eigenvalue weighted by Crippen LogP contribution is 2.30. The molecule has 26 heavy (non-hydrogen) atoms. The number of nitrogens with zero attached hydrogens (tertiary/aromatic N) is 1. The third kappa shape index (κ3) is 3.17. The molecule has 4 rings (SSSR count). The van der Waals surface area contributed by atoms with Gasteiger partial charge in [0.2, 0.25) is 0 Å². The van der Waals surface area contributed by atoms with Crippen LogP contribution in [0.5, 0.6) is 0 Å². The van der Waals surface area contributed by atoms with Crippen molar-refractivity contribution in [2.24, 2.45) is 5.16 Å². The Labute approximate surface area is 159 Å². The van der Waals surface area contributed by atoms with Crippen LogP contribution in [0.1, 0.15) is 11.3 Å². The van der Waals surface area contributed by atoms with Crippen LogP contribution in [0.2, 0.25) is 10.0 Å². The topological polar surface area (TPSA) is 51.8 Å². The lowest BCUT2D eigenvalue weighted by molar-refractivity contribution is -0.136. The van der Waals surface area contributed by atoms with Crippen molar-refractivity contribution in [1.82, 2.24) is 0 Å². The Morgan fingerprint density at radius 2 is 1.69 bits per heavy atom. The first-order chi connectivity index (χ1) is 12.6. The van der Waals surface area contributed by atoms with E-state index >= 15 is 0 Å². The van der Waals surface area contributed by atoms with E-state index in [0.717, 1.165) is 11.1 Å². The number of halogens is 2. The maximum absolute atomic E-state index is 12.0. The largest absolute Gasteiger partial charge is 0.457 e. The van der Waals surface area contributed by atoms with Crippen molar-refractivity contribution in [2.45, 2.75) is 0 Å². The van der Waals surface area contributed by atoms with E-state index in [1.807, 2.05) is 36.4 Å². The number of carbonyl (C=O) groups is 1. The summed E-state index contributed by atoms with van der Waals surface area (Å²) in [6.07, 6.45) is 1.61. The van der Waals surface area contributed by atoms with E-state index in [0.29, 0.717) is 32.9 Å². The molecule has 0 N–H and O–H groups in total. The van der Waals surface area contributed by atoms with Gasteiger partial charge in [0.05, 0.1) is 15.6 Å². The Hall–Kier alpha value is -2.82. The minimum atomic E-state index is -0.517. The fourth-order valence-corrected chi connectivity index (χ4v) is 2.89. The Morgan fingerprint density at radius 3 is 2.46 bits per heavy atom. The first kappa shape index (κ1) is 16.6. The predicted molar refractivity (Wildman–Crippen MR) is 101 cm³/mol. The van der Waals surface area contributed by atoms with Crippen LogP contribution < -0.4 is 0 Å². The molecular formula is C20H11Cl2NO3. The summed E-state index contributed by atoms with van der Waals surface area (Å²) in [4.78, 5) is 16.9. The average molecular weight is 384 g/mol. The molecule has 0 spiro atoms. The van der Waals surface area contributed by atoms with Crippen molar-refractivity contribution in [3.63, 3.8) is 0 Å². The molecule has 0 fully saturated rings. The summed E-state index contributed by atoms with van der Waals surface area (Å²) in [5.74, 6) is 0.597. The van der Waals surface area contributed by atoms with Crippen LogP contribution in [0, 0.1) is 0 Å². The summed E-state index contributed by atoms with van der Waals surface area (Å²) < 4.78 is 5.82. The molecule has 0 atom stereocenters. The lowest BCUT2D eigenvalue weighted by Gasteiger charge is -2.00. The molecule has 1 aromatic heterocycles. The molecule has 128 valence electrons. The fourth-order valence-electron chi connectivity index (χ4n) is 2.59. The van der Waals surface area contributed by atoms with E-state index < -0.39 is 5.97 Å². The van der Waals surface area contributed by atoms with E-state index in [-0.39, 0.29) is 0 Å². The van der Waals surface area contributed by atoms with Gasteiger partial charge < -0.3 is 9.25 Å². The number of hydrogen-bond donors (Lipinski definition) is 0. The smallest absolute Gasteiger partial charge is 0.368 e. The van der Waals surface area contributed by atoms with Crippen LogP contribution in [0.4, 0.5) is 0 Å². The summed E-state index contributed by atoms with van der Waals surface area (Å²) in [5, 5.41) is 4.79. The molecule has 0 unspecified atom stereocenters. The maximum Gasteiger partial charge on any atom is 0.368 e. The van der Waals surface area contributed by atoms with Crippen LogP contribution in [0.25, 0.3) is 17.4 Å². The average Bonchev–Trinajstić information content (AvgIpc) is 3.26. The van der Waals surface area contributed by atoms with Crippen LogP contribution >= 0.6 is 23.2 Å². The minimum absolute atomic E-state index is 0.339. The fraction of sp³-hybridized carbons (Fsp3) is 0. The minimum Gasteiger partial charge on any atom is -0.457 e. The summed E-state index contributed by atoms with van der Waals surface area (Å²) in [5.41, 5.74) is 2.39. The number of furan rings is 1. The van der Waals surface area contributed by atoms with Gasteiger partial charge in [-0.3, -0.25) is 0 Å². The second-order valence-electron chi connectivity index (χ2n) is 5.57. The van der Waals surface area contributed by atoms with E-state index in [9.17, 15) is 4.79 Å². The molecule has 6 heteroatoms. The number of benzene rings is 2. The van der Waals surface area contributed by atoms with E-state index in [1.54, 1.807) is 30.3 Å². The van der Waals surface area contributed by atoms with Gasteiger partial charge in [-0.1, -0.05) is 58.7 Å². The monoisotopic (exact) mass is 383 g/mol. The van der Waals surface area contributed by atoms with Crippen molar-refractivity contribution < 1.29 is 14.0 Å². The molecule has 2 heterocycles. The lowest BCUT2D eigenvalue weighted by atomic mass is 10.0. The highest BCUT2D eigenvalue weighted by molar-refractivity contribution is 6.42. The van der Waals surface area contributed by atoms with Gasteiger partial charge >= 0.3 is 5.97 Å². The summed E-state index contributed by atoms with van der Waals surface area (Å²) >= 11 is 12.0. The number of oxime groups is 1. The highest BCUT2D eigenvalue weighted by Gasteiger charge is 2.27. The van der Waals surface area contributed by atoms with Crippen molar-refractivity contribution in [2.75, 3.05) is 0 Å². The van der Waals surface area contributed by atoms with Crippen LogP contribution in [0.3, 0.4) is 0 Å². The lowest BCUT2D eigenvalue weighted by Crippen LogP contribution is -2.06. The zero-order chi connectivity index (χ0) is 18.1. The third-order valence-corrected chi connectivity index (χ3v) is 4.60. The standard InChI is InChI=1S/C20H11Cl2NO3/c21-16-8-6-13(10-17(16)22)18-9-7-14(25-18)11-15-19(23-26-20(15)24)12-4-2-1-3-5-12/h1-11H/b15-11+. The molecule has 1 aliphatic heterocycles. The van der Waals surface area contributed by atoms with Gasteiger partial charge in [-0.05, 0) is 36.4 Å². The van der Waals surface area contributed by atoms with Crippen molar-refractivity contribution in [3.8, 4) is 11.3 Å². The second-order valence-corrected chi connectivity index (χ2v) is 6.39. The van der Waals surface area contributed by atoms with E-state index in [2.05, 4.69) is 5.16 Å². The zero-order valence-corrected chi connectivity index (χ0v) is 14.8. The van der Waals surface area contributed by atoms with Gasteiger partial charge in [0.15, 0.2) is 0 Å². The number of rotatable bonds is 3. The van der Waals surface area contributed by atoms with Crippen molar-refractivity contribution in [1.29, 1.82) is 0 Å². The van der Waals surface area contributed by atoms with Gasteiger partial charge in [0, 0.05) is 11.1 Å². The van der Waals surface area contributed by atoms with Gasteiger partial charge in [-0.25, -0.2) is 4.79 Å². The molecule has 0 saturated carbocycles. The Bertz CT molecular complexity index is 1050. The van der Waals surface area contributed by atoms with Crippen molar-refractivity contribution in [3.05, 3.63) is 87.6 Å². The van der Waals surface area contributed by atoms with Gasteiger partial charge in [-0.2, -0.15) is 0 Å². The van der Waals surface area contributed by atoms with Gasteiger partial charge in [0.1, 0.15) is 17.2 Å². The second kappa shape index (κ2) is 6.83. The third-order valence-electron chi connectivity index (χ3n) is 3.86.